The molecule has 0 aromatic heterocycles. The second-order valence-corrected chi connectivity index (χ2v) is 9.83. The van der Waals surface area contributed by atoms with Crippen LogP contribution in [-0.2, 0) is 9.84 Å². The third-order valence-corrected chi connectivity index (χ3v) is 6.38. The second-order valence-electron chi connectivity index (χ2n) is 6.97. The molecule has 108 valence electrons. The first-order chi connectivity index (χ1) is 7.96. The SMILES string of the molecule is CC1CN(CCS(=O)(=O)C(C)(C)C)C(C)(C)CN1. The van der Waals surface area contributed by atoms with E-state index in [9.17, 15) is 8.42 Å². The summed E-state index contributed by atoms with van der Waals surface area (Å²) >= 11 is 0. The summed E-state index contributed by atoms with van der Waals surface area (Å²) < 4.78 is 23.6. The van der Waals surface area contributed by atoms with Gasteiger partial charge in [0.05, 0.1) is 10.5 Å². The van der Waals surface area contributed by atoms with Crippen molar-refractivity contribution in [3.05, 3.63) is 0 Å². The third-order valence-electron chi connectivity index (χ3n) is 3.80. The Morgan fingerprint density at radius 2 is 1.89 bits per heavy atom. The molecule has 1 aliphatic rings. The molecule has 1 fully saturated rings. The van der Waals surface area contributed by atoms with Crippen LogP contribution in [0.2, 0.25) is 0 Å². The van der Waals surface area contributed by atoms with Gasteiger partial charge in [0.25, 0.3) is 0 Å². The molecule has 0 bridgehead atoms. The standard InChI is InChI=1S/C13H28N2O2S/c1-11-9-15(13(5,6)10-14-11)7-8-18(16,17)12(2,3)4/h11,14H,7-10H2,1-6H3. The van der Waals surface area contributed by atoms with Crippen LogP contribution in [0.25, 0.3) is 0 Å². The van der Waals surface area contributed by atoms with E-state index >= 15 is 0 Å². The summed E-state index contributed by atoms with van der Waals surface area (Å²) in [4.78, 5) is 2.29. The van der Waals surface area contributed by atoms with Crippen LogP contribution in [0.4, 0.5) is 0 Å². The van der Waals surface area contributed by atoms with Gasteiger partial charge in [-0.25, -0.2) is 8.42 Å². The molecule has 0 radical (unpaired) electrons. The quantitative estimate of drug-likeness (QED) is 0.843. The minimum atomic E-state index is -3.03. The molecule has 1 rings (SSSR count). The highest BCUT2D eigenvalue weighted by molar-refractivity contribution is 7.92. The highest BCUT2D eigenvalue weighted by atomic mass is 32.2. The molecule has 1 aliphatic heterocycles. The summed E-state index contributed by atoms with van der Waals surface area (Å²) in [7, 11) is -3.03. The predicted octanol–water partition coefficient (Wildman–Crippen LogP) is 1.27. The first-order valence-electron chi connectivity index (χ1n) is 6.66. The molecule has 1 heterocycles. The fraction of sp³-hybridized carbons (Fsp3) is 1.00. The Hall–Kier alpha value is -0.130. The lowest BCUT2D eigenvalue weighted by molar-refractivity contribution is 0.0769. The van der Waals surface area contributed by atoms with Crippen LogP contribution >= 0.6 is 0 Å². The zero-order valence-corrected chi connectivity index (χ0v) is 13.4. The predicted molar refractivity (Wildman–Crippen MR) is 76.7 cm³/mol. The number of nitrogens with zero attached hydrogens (tertiary/aromatic N) is 1. The molecule has 5 heteroatoms. The van der Waals surface area contributed by atoms with Crippen LogP contribution in [0.5, 0.6) is 0 Å². The van der Waals surface area contributed by atoms with Crippen LogP contribution in [0.3, 0.4) is 0 Å². The van der Waals surface area contributed by atoms with Gasteiger partial charge in [-0.15, -0.1) is 0 Å². The smallest absolute Gasteiger partial charge is 0.156 e. The molecule has 0 aromatic rings. The number of hydrogen-bond donors (Lipinski definition) is 1. The maximum Gasteiger partial charge on any atom is 0.156 e. The Kier molecular flexibility index (Phi) is 4.51. The van der Waals surface area contributed by atoms with Gasteiger partial charge < -0.3 is 5.32 Å². The zero-order chi connectivity index (χ0) is 14.2. The van der Waals surface area contributed by atoms with Crippen molar-refractivity contribution in [2.24, 2.45) is 0 Å². The van der Waals surface area contributed by atoms with E-state index in [0.717, 1.165) is 13.1 Å². The monoisotopic (exact) mass is 276 g/mol. The third kappa shape index (κ3) is 3.68. The van der Waals surface area contributed by atoms with E-state index in [1.165, 1.54) is 0 Å². The first-order valence-corrected chi connectivity index (χ1v) is 8.32. The zero-order valence-electron chi connectivity index (χ0n) is 12.6. The van der Waals surface area contributed by atoms with Crippen LogP contribution in [0.1, 0.15) is 41.5 Å². The first kappa shape index (κ1) is 15.9. The van der Waals surface area contributed by atoms with Crippen LogP contribution in [0.15, 0.2) is 0 Å². The maximum atomic E-state index is 12.1. The molecular formula is C13H28N2O2S. The lowest BCUT2D eigenvalue weighted by Crippen LogP contribution is -2.62. The molecule has 0 saturated carbocycles. The van der Waals surface area contributed by atoms with Crippen molar-refractivity contribution in [2.75, 3.05) is 25.4 Å². The highest BCUT2D eigenvalue weighted by Gasteiger charge is 2.35. The summed E-state index contributed by atoms with van der Waals surface area (Å²) in [5, 5.41) is 3.44. The van der Waals surface area contributed by atoms with Gasteiger partial charge in [-0.1, -0.05) is 0 Å². The second kappa shape index (κ2) is 5.10. The molecule has 0 aliphatic carbocycles. The number of hydrogen-bond acceptors (Lipinski definition) is 4. The molecule has 0 aromatic carbocycles. The van der Waals surface area contributed by atoms with Crippen LogP contribution in [0, 0.1) is 0 Å². The van der Waals surface area contributed by atoms with E-state index in [4.69, 9.17) is 0 Å². The molecule has 1 saturated heterocycles. The molecular weight excluding hydrogens is 248 g/mol. The lowest BCUT2D eigenvalue weighted by Gasteiger charge is -2.45. The van der Waals surface area contributed by atoms with Crippen molar-refractivity contribution >= 4 is 9.84 Å². The fourth-order valence-electron chi connectivity index (χ4n) is 2.11. The van der Waals surface area contributed by atoms with E-state index in [0.29, 0.717) is 12.6 Å². The molecule has 4 nitrogen and oxygen atoms in total. The van der Waals surface area contributed by atoms with Gasteiger partial charge in [0.1, 0.15) is 0 Å². The van der Waals surface area contributed by atoms with Crippen molar-refractivity contribution in [2.45, 2.75) is 57.9 Å². The van der Waals surface area contributed by atoms with Crippen molar-refractivity contribution in [1.29, 1.82) is 0 Å². The van der Waals surface area contributed by atoms with Crippen LogP contribution < -0.4 is 5.32 Å². The van der Waals surface area contributed by atoms with E-state index in [-0.39, 0.29) is 11.3 Å². The van der Waals surface area contributed by atoms with E-state index in [1.807, 2.05) is 0 Å². The van der Waals surface area contributed by atoms with E-state index in [2.05, 4.69) is 31.0 Å². The Bertz CT molecular complexity index is 382. The summed E-state index contributed by atoms with van der Waals surface area (Å²) in [6.45, 7) is 14.2. The van der Waals surface area contributed by atoms with Gasteiger partial charge in [0.2, 0.25) is 0 Å². The Balaban J connectivity index is 2.68. The Labute approximate surface area is 112 Å². The highest BCUT2D eigenvalue weighted by Crippen LogP contribution is 2.21. The maximum absolute atomic E-state index is 12.1. The molecule has 1 atom stereocenters. The Morgan fingerprint density at radius 3 is 2.39 bits per heavy atom. The molecule has 1 N–H and O–H groups in total. The number of piperazine rings is 1. The average molecular weight is 276 g/mol. The molecule has 0 amide bonds. The minimum absolute atomic E-state index is 0.0277. The van der Waals surface area contributed by atoms with Crippen molar-refractivity contribution < 1.29 is 8.42 Å². The average Bonchev–Trinajstić information content (AvgIpc) is 2.18. The summed E-state index contributed by atoms with van der Waals surface area (Å²) in [6.07, 6.45) is 0. The van der Waals surface area contributed by atoms with E-state index < -0.39 is 14.6 Å². The van der Waals surface area contributed by atoms with Gasteiger partial charge in [0.15, 0.2) is 9.84 Å². The minimum Gasteiger partial charge on any atom is -0.311 e. The Morgan fingerprint density at radius 1 is 1.33 bits per heavy atom. The summed E-state index contributed by atoms with van der Waals surface area (Å²) in [5.74, 6) is 0.243. The van der Waals surface area contributed by atoms with Gasteiger partial charge in [-0.2, -0.15) is 0 Å². The molecule has 1 unspecified atom stereocenters. The van der Waals surface area contributed by atoms with Crippen molar-refractivity contribution in [3.63, 3.8) is 0 Å². The normalized spacial score (nSPS) is 26.2. The molecule has 18 heavy (non-hydrogen) atoms. The summed E-state index contributed by atoms with van der Waals surface area (Å²) in [6, 6.07) is 0.426. The van der Waals surface area contributed by atoms with E-state index in [1.54, 1.807) is 20.8 Å². The van der Waals surface area contributed by atoms with Gasteiger partial charge in [-0.05, 0) is 41.5 Å². The lowest BCUT2D eigenvalue weighted by atomic mass is 9.98. The van der Waals surface area contributed by atoms with Crippen molar-refractivity contribution in [3.8, 4) is 0 Å². The summed E-state index contributed by atoms with van der Waals surface area (Å²) in [5.41, 5.74) is 0.0277. The van der Waals surface area contributed by atoms with Crippen molar-refractivity contribution in [1.82, 2.24) is 10.2 Å². The van der Waals surface area contributed by atoms with Gasteiger partial charge in [-0.3, -0.25) is 4.90 Å². The van der Waals surface area contributed by atoms with Crippen LogP contribution in [-0.4, -0.2) is 55.0 Å². The van der Waals surface area contributed by atoms with Gasteiger partial charge >= 0.3 is 0 Å². The number of sulfone groups is 1. The number of rotatable bonds is 3. The fourth-order valence-corrected chi connectivity index (χ4v) is 3.18. The largest absolute Gasteiger partial charge is 0.311 e. The number of nitrogens with one attached hydrogen (secondary N) is 1. The van der Waals surface area contributed by atoms with Gasteiger partial charge in [0, 0.05) is 31.2 Å². The molecule has 0 spiro atoms. The topological polar surface area (TPSA) is 49.4 Å².